The van der Waals surface area contributed by atoms with Crippen LogP contribution < -0.4 is 4.90 Å². The molecular weight excluding hydrogens is 337 g/mol. The molecule has 0 N–H and O–H groups in total. The van der Waals surface area contributed by atoms with Crippen LogP contribution in [0.4, 0.5) is 14.9 Å². The van der Waals surface area contributed by atoms with Gasteiger partial charge in [-0.05, 0) is 24.3 Å². The lowest BCUT2D eigenvalue weighted by Crippen LogP contribution is -2.54. The largest absolute Gasteiger partial charge is 0.334 e. The minimum Gasteiger partial charge on any atom is -0.334 e. The van der Waals surface area contributed by atoms with Crippen LogP contribution in [0.2, 0.25) is 0 Å². The molecule has 0 saturated carbocycles. The van der Waals surface area contributed by atoms with Crippen molar-refractivity contribution < 1.29 is 18.8 Å². The van der Waals surface area contributed by atoms with Crippen LogP contribution in [0.15, 0.2) is 54.6 Å². The number of halogens is 1. The van der Waals surface area contributed by atoms with Crippen molar-refractivity contribution in [2.24, 2.45) is 0 Å². The maximum atomic E-state index is 13.9. The smallest absolute Gasteiger partial charge is 0.332 e. The summed E-state index contributed by atoms with van der Waals surface area (Å²) < 4.78 is 13.9. The van der Waals surface area contributed by atoms with Crippen molar-refractivity contribution in [3.8, 4) is 0 Å². The molecule has 2 aromatic rings. The summed E-state index contributed by atoms with van der Waals surface area (Å²) in [5, 5.41) is 0. The molecule has 2 heterocycles. The van der Waals surface area contributed by atoms with Gasteiger partial charge in [-0.15, -0.1) is 0 Å². The maximum absolute atomic E-state index is 13.9. The summed E-state index contributed by atoms with van der Waals surface area (Å²) >= 11 is 0. The number of hydrogen-bond acceptors (Lipinski definition) is 3. The molecule has 2 aromatic carbocycles. The van der Waals surface area contributed by atoms with Gasteiger partial charge in [0, 0.05) is 13.1 Å². The zero-order chi connectivity index (χ0) is 18.3. The standard InChI is InChI=1S/C19H16FN3O3/c20-15-9-5-4-8-14(15)17(24)21-10-11-22-16(12-21)18(25)23(19(22)26)13-6-2-1-3-7-13/h1-9,16H,10-12H2. The number of piperazine rings is 1. The molecule has 0 aliphatic carbocycles. The summed E-state index contributed by atoms with van der Waals surface area (Å²) in [6.45, 7) is 0.547. The Bertz CT molecular complexity index is 887. The van der Waals surface area contributed by atoms with Gasteiger partial charge in [0.05, 0.1) is 17.8 Å². The number of carbonyl (C=O) groups is 3. The number of rotatable bonds is 2. The van der Waals surface area contributed by atoms with Gasteiger partial charge in [0.2, 0.25) is 0 Å². The molecule has 4 amide bonds. The van der Waals surface area contributed by atoms with Crippen molar-refractivity contribution in [1.82, 2.24) is 9.80 Å². The molecule has 2 aliphatic rings. The van der Waals surface area contributed by atoms with E-state index in [1.807, 2.05) is 0 Å². The number of amides is 4. The number of nitrogens with zero attached hydrogens (tertiary/aromatic N) is 3. The minimum atomic E-state index is -0.743. The van der Waals surface area contributed by atoms with Gasteiger partial charge in [0.1, 0.15) is 11.9 Å². The van der Waals surface area contributed by atoms with E-state index >= 15 is 0 Å². The second-order valence-corrected chi connectivity index (χ2v) is 6.23. The van der Waals surface area contributed by atoms with E-state index in [-0.39, 0.29) is 37.1 Å². The molecule has 1 atom stereocenters. The topological polar surface area (TPSA) is 60.9 Å². The summed E-state index contributed by atoms with van der Waals surface area (Å²) in [6.07, 6.45) is 0. The van der Waals surface area contributed by atoms with Crippen LogP contribution in [0, 0.1) is 5.82 Å². The Morgan fingerprint density at radius 1 is 0.962 bits per heavy atom. The highest BCUT2D eigenvalue weighted by atomic mass is 19.1. The Balaban J connectivity index is 1.57. The lowest BCUT2D eigenvalue weighted by Gasteiger charge is -2.35. The highest BCUT2D eigenvalue weighted by molar-refractivity contribution is 6.21. The van der Waals surface area contributed by atoms with Crippen LogP contribution in [0.5, 0.6) is 0 Å². The molecule has 2 saturated heterocycles. The molecular formula is C19H16FN3O3. The third-order valence-electron chi connectivity index (χ3n) is 4.73. The van der Waals surface area contributed by atoms with Gasteiger partial charge in [0.15, 0.2) is 0 Å². The molecule has 1 unspecified atom stereocenters. The number of urea groups is 1. The highest BCUT2D eigenvalue weighted by Crippen LogP contribution is 2.28. The normalized spacial score (nSPS) is 19.7. The average molecular weight is 353 g/mol. The van der Waals surface area contributed by atoms with E-state index in [0.29, 0.717) is 5.69 Å². The fourth-order valence-corrected chi connectivity index (χ4v) is 3.40. The molecule has 2 aliphatic heterocycles. The number of anilines is 1. The Morgan fingerprint density at radius 2 is 1.65 bits per heavy atom. The maximum Gasteiger partial charge on any atom is 0.332 e. The van der Waals surface area contributed by atoms with E-state index in [4.69, 9.17) is 0 Å². The van der Waals surface area contributed by atoms with Gasteiger partial charge in [-0.1, -0.05) is 30.3 Å². The van der Waals surface area contributed by atoms with Gasteiger partial charge in [-0.25, -0.2) is 14.1 Å². The van der Waals surface area contributed by atoms with E-state index in [2.05, 4.69) is 0 Å². The monoisotopic (exact) mass is 353 g/mol. The van der Waals surface area contributed by atoms with Gasteiger partial charge in [-0.2, -0.15) is 0 Å². The zero-order valence-electron chi connectivity index (χ0n) is 13.8. The number of para-hydroxylation sites is 1. The van der Waals surface area contributed by atoms with Crippen molar-refractivity contribution in [3.63, 3.8) is 0 Å². The van der Waals surface area contributed by atoms with Crippen molar-refractivity contribution in [2.75, 3.05) is 24.5 Å². The second-order valence-electron chi connectivity index (χ2n) is 6.23. The molecule has 7 heteroatoms. The second kappa shape index (κ2) is 6.25. The van der Waals surface area contributed by atoms with Crippen LogP contribution in [0.3, 0.4) is 0 Å². The molecule has 0 spiro atoms. The first kappa shape index (κ1) is 16.3. The molecule has 0 bridgehead atoms. The van der Waals surface area contributed by atoms with Crippen LogP contribution in [0.1, 0.15) is 10.4 Å². The summed E-state index contributed by atoms with van der Waals surface area (Å²) in [7, 11) is 0. The minimum absolute atomic E-state index is 0.0300. The van der Waals surface area contributed by atoms with Crippen LogP contribution in [0.25, 0.3) is 0 Å². The Morgan fingerprint density at radius 3 is 2.38 bits per heavy atom. The number of hydrogen-bond donors (Lipinski definition) is 0. The quantitative estimate of drug-likeness (QED) is 0.777. The van der Waals surface area contributed by atoms with E-state index in [1.54, 1.807) is 36.4 Å². The lowest BCUT2D eigenvalue weighted by atomic mass is 10.1. The fourth-order valence-electron chi connectivity index (χ4n) is 3.40. The van der Waals surface area contributed by atoms with Crippen molar-refractivity contribution in [2.45, 2.75) is 6.04 Å². The third kappa shape index (κ3) is 2.52. The predicted molar refractivity (Wildman–Crippen MR) is 92.1 cm³/mol. The van der Waals surface area contributed by atoms with Crippen molar-refractivity contribution >= 4 is 23.5 Å². The van der Waals surface area contributed by atoms with Gasteiger partial charge < -0.3 is 9.80 Å². The van der Waals surface area contributed by atoms with Crippen molar-refractivity contribution in [3.05, 3.63) is 66.0 Å². The zero-order valence-corrected chi connectivity index (χ0v) is 13.8. The van der Waals surface area contributed by atoms with E-state index in [9.17, 15) is 18.8 Å². The Kier molecular flexibility index (Phi) is 3.91. The fraction of sp³-hybridized carbons (Fsp3) is 0.211. The van der Waals surface area contributed by atoms with Crippen LogP contribution in [-0.2, 0) is 4.79 Å². The van der Waals surface area contributed by atoms with Gasteiger partial charge in [0.25, 0.3) is 11.8 Å². The van der Waals surface area contributed by atoms with Crippen molar-refractivity contribution in [1.29, 1.82) is 0 Å². The first-order valence-electron chi connectivity index (χ1n) is 8.31. The van der Waals surface area contributed by atoms with Crippen LogP contribution in [-0.4, -0.2) is 53.3 Å². The predicted octanol–water partition coefficient (Wildman–Crippen LogP) is 2.12. The van der Waals surface area contributed by atoms with E-state index in [0.717, 1.165) is 4.90 Å². The first-order valence-corrected chi connectivity index (χ1v) is 8.31. The number of carbonyl (C=O) groups excluding carboxylic acids is 3. The first-order chi connectivity index (χ1) is 12.6. The summed E-state index contributed by atoms with van der Waals surface area (Å²) in [5.74, 6) is -1.44. The number of benzene rings is 2. The molecule has 2 fully saturated rings. The summed E-state index contributed by atoms with van der Waals surface area (Å²) in [5.41, 5.74) is 0.474. The van der Waals surface area contributed by atoms with Crippen LogP contribution >= 0.6 is 0 Å². The number of imide groups is 1. The summed E-state index contributed by atoms with van der Waals surface area (Å²) in [4.78, 5) is 42.0. The summed E-state index contributed by atoms with van der Waals surface area (Å²) in [6, 6.07) is 13.3. The lowest BCUT2D eigenvalue weighted by molar-refractivity contribution is -0.120. The Labute approximate surface area is 149 Å². The molecule has 0 aromatic heterocycles. The highest BCUT2D eigenvalue weighted by Gasteiger charge is 2.49. The van der Waals surface area contributed by atoms with E-state index in [1.165, 1.54) is 28.0 Å². The molecule has 4 rings (SSSR count). The third-order valence-corrected chi connectivity index (χ3v) is 4.73. The molecule has 6 nitrogen and oxygen atoms in total. The molecule has 0 radical (unpaired) electrons. The van der Waals surface area contributed by atoms with Gasteiger partial charge in [-0.3, -0.25) is 9.59 Å². The van der Waals surface area contributed by atoms with E-state index < -0.39 is 17.8 Å². The number of fused-ring (bicyclic) bond motifs is 1. The molecule has 132 valence electrons. The average Bonchev–Trinajstić information content (AvgIpc) is 2.92. The molecule has 26 heavy (non-hydrogen) atoms. The van der Waals surface area contributed by atoms with Gasteiger partial charge >= 0.3 is 6.03 Å². The SMILES string of the molecule is O=C(c1ccccc1F)N1CCN2C(=O)N(c3ccccc3)C(=O)C2C1. The Hall–Kier alpha value is -3.22.